The second-order valence-corrected chi connectivity index (χ2v) is 5.98. The van der Waals surface area contributed by atoms with Crippen LogP contribution in [0, 0.1) is 5.41 Å². The molecule has 0 amide bonds. The monoisotopic (exact) mass is 211 g/mol. The van der Waals surface area contributed by atoms with Crippen LogP contribution in [0.15, 0.2) is 0 Å². The maximum atomic E-state index is 6.07. The molecule has 0 bridgehead atoms. The van der Waals surface area contributed by atoms with Crippen molar-refractivity contribution in [1.29, 1.82) is 0 Å². The first-order valence-corrected chi connectivity index (χ1v) is 6.78. The lowest BCUT2D eigenvalue weighted by Crippen LogP contribution is -2.68. The number of nitrogens with one attached hydrogen (secondary N) is 1. The lowest BCUT2D eigenvalue weighted by Gasteiger charge is -2.57. The van der Waals surface area contributed by atoms with Crippen molar-refractivity contribution in [2.45, 2.75) is 52.0 Å². The van der Waals surface area contributed by atoms with Gasteiger partial charge in [0.05, 0.1) is 7.85 Å². The standard InChI is InChI=1S/C11H22BNS/c1-5-14-7-6-10-11(4,8(2)12)9(3)13-10/h8-10,13H,5-7H2,1-4H3. The van der Waals surface area contributed by atoms with E-state index in [4.69, 9.17) is 7.85 Å². The van der Waals surface area contributed by atoms with E-state index in [1.807, 2.05) is 11.8 Å². The molecule has 80 valence electrons. The van der Waals surface area contributed by atoms with E-state index in [0.717, 1.165) is 0 Å². The summed E-state index contributed by atoms with van der Waals surface area (Å²) >= 11 is 2.02. The van der Waals surface area contributed by atoms with E-state index in [2.05, 4.69) is 33.0 Å². The summed E-state index contributed by atoms with van der Waals surface area (Å²) in [6, 6.07) is 1.19. The summed E-state index contributed by atoms with van der Waals surface area (Å²) in [5.41, 5.74) is 0.300. The van der Waals surface area contributed by atoms with Gasteiger partial charge in [0.25, 0.3) is 0 Å². The molecule has 1 nitrogen and oxygen atoms in total. The average Bonchev–Trinajstić information content (AvgIpc) is 2.15. The van der Waals surface area contributed by atoms with E-state index >= 15 is 0 Å². The van der Waals surface area contributed by atoms with Gasteiger partial charge < -0.3 is 5.32 Å². The highest BCUT2D eigenvalue weighted by Crippen LogP contribution is 2.45. The van der Waals surface area contributed by atoms with E-state index in [1.54, 1.807) is 0 Å². The molecule has 1 N–H and O–H groups in total. The molecule has 0 aliphatic carbocycles. The summed E-state index contributed by atoms with van der Waals surface area (Å²) in [6.07, 6.45) is 1.25. The summed E-state index contributed by atoms with van der Waals surface area (Å²) in [5, 5.41) is 3.58. The van der Waals surface area contributed by atoms with Crippen LogP contribution in [0.25, 0.3) is 0 Å². The first kappa shape index (κ1) is 12.4. The van der Waals surface area contributed by atoms with Gasteiger partial charge in [-0.15, -0.1) is 0 Å². The molecule has 14 heavy (non-hydrogen) atoms. The van der Waals surface area contributed by atoms with Crippen LogP contribution < -0.4 is 5.32 Å². The third-order valence-corrected chi connectivity index (χ3v) is 4.80. The summed E-state index contributed by atoms with van der Waals surface area (Å²) in [4.78, 5) is 0. The third-order valence-electron chi connectivity index (χ3n) is 3.87. The van der Waals surface area contributed by atoms with Crippen LogP contribution in [-0.2, 0) is 0 Å². The Morgan fingerprint density at radius 1 is 1.57 bits per heavy atom. The van der Waals surface area contributed by atoms with Crippen LogP contribution >= 0.6 is 11.8 Å². The molecule has 0 aromatic carbocycles. The fourth-order valence-corrected chi connectivity index (χ4v) is 3.01. The van der Waals surface area contributed by atoms with Crippen molar-refractivity contribution in [2.75, 3.05) is 11.5 Å². The highest BCUT2D eigenvalue weighted by atomic mass is 32.2. The minimum Gasteiger partial charge on any atom is -0.310 e. The predicted molar refractivity (Wildman–Crippen MR) is 67.3 cm³/mol. The first-order chi connectivity index (χ1) is 6.53. The predicted octanol–water partition coefficient (Wildman–Crippen LogP) is 2.47. The molecule has 2 radical (unpaired) electrons. The summed E-state index contributed by atoms with van der Waals surface area (Å²) in [5.74, 6) is 2.76. The minimum absolute atomic E-state index is 0.287. The number of hydrogen-bond donors (Lipinski definition) is 1. The van der Waals surface area contributed by atoms with Gasteiger partial charge in [0.2, 0.25) is 0 Å². The average molecular weight is 211 g/mol. The lowest BCUT2D eigenvalue weighted by molar-refractivity contribution is 0.0344. The number of hydrogen-bond acceptors (Lipinski definition) is 2. The molecule has 1 aliphatic heterocycles. The molecule has 3 heteroatoms. The smallest absolute Gasteiger partial charge is 0.0704 e. The van der Waals surface area contributed by atoms with Gasteiger partial charge in [-0.3, -0.25) is 0 Å². The SMILES string of the molecule is [B]C(C)C1(C)C(C)NC1CCSCC. The molecular weight excluding hydrogens is 189 g/mol. The topological polar surface area (TPSA) is 12.0 Å². The van der Waals surface area contributed by atoms with E-state index in [-0.39, 0.29) is 5.82 Å². The molecule has 1 aliphatic rings. The first-order valence-electron chi connectivity index (χ1n) is 5.62. The zero-order valence-corrected chi connectivity index (χ0v) is 10.7. The molecule has 1 fully saturated rings. The summed E-state index contributed by atoms with van der Waals surface area (Å²) in [7, 11) is 6.07. The van der Waals surface area contributed by atoms with Gasteiger partial charge in [0, 0.05) is 12.1 Å². The Balaban J connectivity index is 2.40. The van der Waals surface area contributed by atoms with Gasteiger partial charge in [0.1, 0.15) is 0 Å². The van der Waals surface area contributed by atoms with Crippen LogP contribution in [0.5, 0.6) is 0 Å². The Morgan fingerprint density at radius 3 is 2.64 bits per heavy atom. The van der Waals surface area contributed by atoms with E-state index in [9.17, 15) is 0 Å². The minimum atomic E-state index is 0.287. The molecule has 0 saturated carbocycles. The Kier molecular flexibility index (Phi) is 4.39. The molecule has 4 unspecified atom stereocenters. The normalized spacial score (nSPS) is 39.1. The Labute approximate surface area is 94.2 Å². The quantitative estimate of drug-likeness (QED) is 0.553. The molecule has 1 rings (SSSR count). The van der Waals surface area contributed by atoms with Crippen molar-refractivity contribution in [3.63, 3.8) is 0 Å². The van der Waals surface area contributed by atoms with E-state index < -0.39 is 0 Å². The second kappa shape index (κ2) is 4.93. The molecule has 0 aromatic heterocycles. The molecule has 0 spiro atoms. The Hall–Kier alpha value is 0.375. The lowest BCUT2D eigenvalue weighted by atomic mass is 9.55. The molecule has 4 atom stereocenters. The van der Waals surface area contributed by atoms with Crippen molar-refractivity contribution in [3.8, 4) is 0 Å². The molecular formula is C11H22BNS. The molecule has 0 aromatic rings. The van der Waals surface area contributed by atoms with Crippen molar-refractivity contribution >= 4 is 19.6 Å². The van der Waals surface area contributed by atoms with Gasteiger partial charge in [-0.05, 0) is 30.3 Å². The van der Waals surface area contributed by atoms with E-state index in [1.165, 1.54) is 17.9 Å². The zero-order chi connectivity index (χ0) is 10.8. The van der Waals surface area contributed by atoms with Crippen LogP contribution in [0.2, 0.25) is 5.82 Å². The van der Waals surface area contributed by atoms with Crippen LogP contribution in [0.1, 0.15) is 34.1 Å². The van der Waals surface area contributed by atoms with Crippen molar-refractivity contribution < 1.29 is 0 Å². The van der Waals surface area contributed by atoms with Gasteiger partial charge in [-0.1, -0.05) is 26.6 Å². The van der Waals surface area contributed by atoms with Crippen LogP contribution in [0.3, 0.4) is 0 Å². The van der Waals surface area contributed by atoms with E-state index in [0.29, 0.717) is 17.5 Å². The number of thioether (sulfide) groups is 1. The maximum Gasteiger partial charge on any atom is 0.0704 e. The highest BCUT2D eigenvalue weighted by Gasteiger charge is 2.49. The third kappa shape index (κ3) is 2.14. The van der Waals surface area contributed by atoms with Crippen molar-refractivity contribution in [2.24, 2.45) is 5.41 Å². The molecule has 1 saturated heterocycles. The van der Waals surface area contributed by atoms with Crippen LogP contribution in [-0.4, -0.2) is 31.4 Å². The van der Waals surface area contributed by atoms with Gasteiger partial charge >= 0.3 is 0 Å². The fourth-order valence-electron chi connectivity index (χ4n) is 2.32. The largest absolute Gasteiger partial charge is 0.310 e. The molecule has 1 heterocycles. The Bertz CT molecular complexity index is 179. The maximum absolute atomic E-state index is 6.07. The van der Waals surface area contributed by atoms with Crippen molar-refractivity contribution in [1.82, 2.24) is 5.32 Å². The van der Waals surface area contributed by atoms with Crippen molar-refractivity contribution in [3.05, 3.63) is 0 Å². The van der Waals surface area contributed by atoms with Gasteiger partial charge in [-0.25, -0.2) is 0 Å². The van der Waals surface area contributed by atoms with Gasteiger partial charge in [-0.2, -0.15) is 11.8 Å². The second-order valence-electron chi connectivity index (χ2n) is 4.58. The Morgan fingerprint density at radius 2 is 2.21 bits per heavy atom. The summed E-state index contributed by atoms with van der Waals surface area (Å²) in [6.45, 7) is 8.91. The summed E-state index contributed by atoms with van der Waals surface area (Å²) < 4.78 is 0. The number of rotatable bonds is 5. The van der Waals surface area contributed by atoms with Crippen LogP contribution in [0.4, 0.5) is 0 Å². The highest BCUT2D eigenvalue weighted by molar-refractivity contribution is 7.99. The fraction of sp³-hybridized carbons (Fsp3) is 1.00. The van der Waals surface area contributed by atoms with Gasteiger partial charge in [0.15, 0.2) is 0 Å². The zero-order valence-electron chi connectivity index (χ0n) is 9.84.